The van der Waals surface area contributed by atoms with Gasteiger partial charge in [-0.15, -0.1) is 0 Å². The monoisotopic (exact) mass is 385 g/mol. The van der Waals surface area contributed by atoms with Crippen LogP contribution in [0.2, 0.25) is 0 Å². The second kappa shape index (κ2) is 8.27. The molecule has 0 aliphatic heterocycles. The first-order valence-corrected chi connectivity index (χ1v) is 10.6. The molecule has 0 spiro atoms. The first-order valence-electron chi connectivity index (χ1n) is 9.09. The molecule has 0 bridgehead atoms. The smallest absolute Gasteiger partial charge is 0.299 e. The Kier molecular flexibility index (Phi) is 5.80. The highest BCUT2D eigenvalue weighted by atomic mass is 28.3. The molecule has 0 amide bonds. The van der Waals surface area contributed by atoms with Crippen LogP contribution in [0.25, 0.3) is 0 Å². The van der Waals surface area contributed by atoms with E-state index in [1.165, 1.54) is 0 Å². The lowest BCUT2D eigenvalue weighted by Gasteiger charge is -2.15. The summed E-state index contributed by atoms with van der Waals surface area (Å²) in [6.07, 6.45) is 0. The van der Waals surface area contributed by atoms with Gasteiger partial charge in [0.05, 0.1) is 0 Å². The van der Waals surface area contributed by atoms with Gasteiger partial charge in [-0.3, -0.25) is 14.4 Å². The molecule has 0 aliphatic rings. The van der Waals surface area contributed by atoms with E-state index in [2.05, 4.69) is 0 Å². The lowest BCUT2D eigenvalue weighted by atomic mass is 10.1. The Balaban J connectivity index is 2.14. The van der Waals surface area contributed by atoms with Crippen LogP contribution in [0.1, 0.15) is 47.8 Å². The highest BCUT2D eigenvalue weighted by Gasteiger charge is 2.40. The molecule has 139 valence electrons. The summed E-state index contributed by atoms with van der Waals surface area (Å²) in [6, 6.07) is 21.3. The van der Waals surface area contributed by atoms with Crippen molar-refractivity contribution in [2.24, 2.45) is 0 Å². The minimum absolute atomic E-state index is 0.357. The number of aryl methyl sites for hydroxylation is 3. The minimum Gasteiger partial charge on any atom is -0.299 e. The van der Waals surface area contributed by atoms with Gasteiger partial charge < -0.3 is 0 Å². The molecule has 3 aromatic carbocycles. The Morgan fingerprint density at radius 2 is 0.750 bits per heavy atom. The van der Waals surface area contributed by atoms with Gasteiger partial charge in [0, 0.05) is 16.7 Å². The van der Waals surface area contributed by atoms with Crippen molar-refractivity contribution in [1.82, 2.24) is 0 Å². The predicted molar refractivity (Wildman–Crippen MR) is 112 cm³/mol. The number of carbonyl (C=O) groups excluding carboxylic acids is 3. The van der Waals surface area contributed by atoms with Gasteiger partial charge in [0.25, 0.3) is 0 Å². The zero-order valence-corrected chi connectivity index (χ0v) is 17.2. The van der Waals surface area contributed by atoms with E-state index in [1.54, 1.807) is 36.4 Å². The summed E-state index contributed by atoms with van der Waals surface area (Å²) in [5.41, 5.74) is 3.64. The summed E-state index contributed by atoms with van der Waals surface area (Å²) in [6.45, 7) is 5.47. The van der Waals surface area contributed by atoms with E-state index in [-0.39, 0.29) is 16.2 Å². The second-order valence-corrected chi connectivity index (χ2v) is 8.92. The molecule has 3 nitrogen and oxygen atoms in total. The molecule has 0 heterocycles. The van der Waals surface area contributed by atoms with Crippen LogP contribution < -0.4 is 0 Å². The van der Waals surface area contributed by atoms with E-state index in [9.17, 15) is 14.4 Å². The van der Waals surface area contributed by atoms with Gasteiger partial charge in [-0.25, -0.2) is 0 Å². The number of hydrogen-bond acceptors (Lipinski definition) is 3. The Bertz CT molecular complexity index is 932. The summed E-state index contributed by atoms with van der Waals surface area (Å²) in [5, 5.41) is -1.07. The van der Waals surface area contributed by atoms with Crippen molar-refractivity contribution in [3.8, 4) is 0 Å². The van der Waals surface area contributed by atoms with Crippen LogP contribution in [0, 0.1) is 20.8 Å². The van der Waals surface area contributed by atoms with E-state index in [1.807, 2.05) is 57.2 Å². The van der Waals surface area contributed by atoms with Crippen molar-refractivity contribution in [2.45, 2.75) is 20.8 Å². The predicted octanol–water partition coefficient (Wildman–Crippen LogP) is 4.67. The highest BCUT2D eigenvalue weighted by molar-refractivity contribution is 7.31. The van der Waals surface area contributed by atoms with Crippen LogP contribution in [0.4, 0.5) is 0 Å². The maximum Gasteiger partial charge on any atom is 0.314 e. The van der Waals surface area contributed by atoms with E-state index in [0.717, 1.165) is 16.7 Å². The summed E-state index contributed by atoms with van der Waals surface area (Å²) in [5.74, 6) is 0. The van der Waals surface area contributed by atoms with Gasteiger partial charge in [-0.1, -0.05) is 72.8 Å². The van der Waals surface area contributed by atoms with Gasteiger partial charge in [-0.05, 0) is 37.5 Å². The van der Waals surface area contributed by atoms with Crippen LogP contribution in [-0.4, -0.2) is 25.0 Å². The Morgan fingerprint density at radius 1 is 0.500 bits per heavy atom. The maximum atomic E-state index is 13.4. The van der Waals surface area contributed by atoms with E-state index in [4.69, 9.17) is 0 Å². The lowest BCUT2D eigenvalue weighted by molar-refractivity contribution is 0.0994. The zero-order valence-electron chi connectivity index (χ0n) is 16.2. The Hall–Kier alpha value is -3.11. The number of hydrogen-bond donors (Lipinski definition) is 0. The van der Waals surface area contributed by atoms with Crippen LogP contribution in [0.15, 0.2) is 72.8 Å². The molecule has 1 radical (unpaired) electrons. The first-order chi connectivity index (χ1) is 13.4. The number of carbonyl (C=O) groups is 3. The zero-order chi connectivity index (χ0) is 20.3. The molecule has 0 unspecified atom stereocenters. The van der Waals surface area contributed by atoms with Crippen LogP contribution in [-0.2, 0) is 0 Å². The third-order valence-corrected chi connectivity index (χ3v) is 7.02. The van der Waals surface area contributed by atoms with Gasteiger partial charge >= 0.3 is 8.80 Å². The molecule has 0 saturated carbocycles. The van der Waals surface area contributed by atoms with Gasteiger partial charge in [0.1, 0.15) is 0 Å². The molecule has 0 aromatic heterocycles. The van der Waals surface area contributed by atoms with Gasteiger partial charge in [-0.2, -0.15) is 0 Å². The highest BCUT2D eigenvalue weighted by Crippen LogP contribution is 2.19. The Labute approximate surface area is 166 Å². The number of rotatable bonds is 6. The summed E-state index contributed by atoms with van der Waals surface area (Å²) in [4.78, 5) is 40.3. The fraction of sp³-hybridized carbons (Fsp3) is 0.125. The van der Waals surface area contributed by atoms with E-state index >= 15 is 0 Å². The molecule has 0 N–H and O–H groups in total. The minimum atomic E-state index is -2.72. The van der Waals surface area contributed by atoms with Crippen LogP contribution in [0.5, 0.6) is 0 Å². The average molecular weight is 386 g/mol. The summed E-state index contributed by atoms with van der Waals surface area (Å²) < 4.78 is 0. The third kappa shape index (κ3) is 3.78. The summed E-state index contributed by atoms with van der Waals surface area (Å²) >= 11 is 0. The third-order valence-electron chi connectivity index (χ3n) is 4.85. The quantitative estimate of drug-likeness (QED) is 0.579. The molecule has 0 atom stereocenters. The van der Waals surface area contributed by atoms with Gasteiger partial charge in [0.2, 0.25) is 0 Å². The molecular formula is C24H21O3Si. The van der Waals surface area contributed by atoms with Crippen molar-refractivity contribution >= 4 is 25.0 Å². The van der Waals surface area contributed by atoms with Crippen molar-refractivity contribution < 1.29 is 14.4 Å². The molecule has 0 aliphatic carbocycles. The average Bonchev–Trinajstić information content (AvgIpc) is 2.69. The van der Waals surface area contributed by atoms with E-state index < -0.39 is 8.80 Å². The summed E-state index contributed by atoms with van der Waals surface area (Å²) in [7, 11) is -2.72. The topological polar surface area (TPSA) is 51.2 Å². The maximum absolute atomic E-state index is 13.4. The SMILES string of the molecule is Cc1ccccc1C(=O)[Si](C(=O)c1ccccc1C)C(=O)c1ccccc1C. The normalized spacial score (nSPS) is 10.7. The van der Waals surface area contributed by atoms with Crippen LogP contribution >= 0.6 is 0 Å². The Morgan fingerprint density at radius 3 is 1.00 bits per heavy atom. The largest absolute Gasteiger partial charge is 0.314 e. The second-order valence-electron chi connectivity index (χ2n) is 6.81. The molecule has 0 saturated heterocycles. The molecular weight excluding hydrogens is 364 g/mol. The number of benzene rings is 3. The molecule has 28 heavy (non-hydrogen) atoms. The molecule has 3 rings (SSSR count). The van der Waals surface area contributed by atoms with Gasteiger partial charge in [0.15, 0.2) is 16.2 Å². The van der Waals surface area contributed by atoms with Crippen molar-refractivity contribution in [3.63, 3.8) is 0 Å². The van der Waals surface area contributed by atoms with Crippen LogP contribution in [0.3, 0.4) is 0 Å². The van der Waals surface area contributed by atoms with Crippen molar-refractivity contribution in [3.05, 3.63) is 106 Å². The lowest BCUT2D eigenvalue weighted by Crippen LogP contribution is -2.44. The first kappa shape index (κ1) is 19.6. The van der Waals surface area contributed by atoms with E-state index in [0.29, 0.717) is 16.7 Å². The molecule has 0 fully saturated rings. The fourth-order valence-corrected chi connectivity index (χ4v) is 5.46. The fourth-order valence-electron chi connectivity index (χ4n) is 3.20. The standard InChI is InChI=1S/C24H21O3Si/c1-16-10-4-7-13-19(16)22(25)28(23(26)20-14-8-5-11-17(20)2)24(27)21-15-9-6-12-18(21)3/h4-15H,1-3H3. The van der Waals surface area contributed by atoms with Crippen molar-refractivity contribution in [2.75, 3.05) is 0 Å². The van der Waals surface area contributed by atoms with Crippen molar-refractivity contribution in [1.29, 1.82) is 0 Å². The molecule has 3 aromatic rings. The molecule has 4 heteroatoms.